The molecular weight excluding hydrogens is 454 g/mol. The third-order valence-corrected chi connectivity index (χ3v) is 5.81. The second-order valence-electron chi connectivity index (χ2n) is 6.75. The number of hydrogen-bond acceptors (Lipinski definition) is 6. The van der Waals surface area contributed by atoms with Crippen LogP contribution in [-0.2, 0) is 4.79 Å². The summed E-state index contributed by atoms with van der Waals surface area (Å²) >= 11 is 5.00. The number of anilines is 1. The minimum atomic E-state index is -0.132. The molecule has 0 fully saturated rings. The van der Waals surface area contributed by atoms with E-state index in [-0.39, 0.29) is 12.5 Å². The molecule has 3 aromatic rings. The Morgan fingerprint density at radius 2 is 1.90 bits per heavy atom. The van der Waals surface area contributed by atoms with Crippen LogP contribution in [0.2, 0.25) is 0 Å². The molecule has 154 valence electrons. The normalized spacial score (nSPS) is 11.1. The second-order valence-corrected chi connectivity index (χ2v) is 8.68. The van der Waals surface area contributed by atoms with E-state index < -0.39 is 0 Å². The smallest absolute Gasteiger partial charge is 0.266 e. The first-order valence-electron chi connectivity index (χ1n) is 9.25. The van der Waals surface area contributed by atoms with Gasteiger partial charge in [-0.25, -0.2) is 4.98 Å². The molecule has 3 rings (SSSR count). The Balaban J connectivity index is 1.78. The highest BCUT2D eigenvalue weighted by atomic mass is 79.9. The van der Waals surface area contributed by atoms with Crippen LogP contribution in [0.5, 0.6) is 11.5 Å². The van der Waals surface area contributed by atoms with Crippen molar-refractivity contribution in [3.8, 4) is 11.5 Å². The Bertz CT molecular complexity index is 977. The Kier molecular flexibility index (Phi) is 7.46. The lowest BCUT2D eigenvalue weighted by molar-refractivity contribution is -0.120. The van der Waals surface area contributed by atoms with E-state index in [0.717, 1.165) is 27.7 Å². The number of thiazole rings is 1. The molecule has 0 saturated carbocycles. The van der Waals surface area contributed by atoms with Gasteiger partial charge in [0.1, 0.15) is 0 Å². The molecular formula is C21H24BrN3O3S. The first-order chi connectivity index (χ1) is 14.0. The third-order valence-electron chi connectivity index (χ3n) is 4.28. The highest BCUT2D eigenvalue weighted by Crippen LogP contribution is 2.31. The summed E-state index contributed by atoms with van der Waals surface area (Å²) in [6.07, 6.45) is 0.840. The van der Waals surface area contributed by atoms with Gasteiger partial charge in [0.2, 0.25) is 0 Å². The number of rotatable bonds is 9. The molecule has 6 nitrogen and oxygen atoms in total. The number of aromatic nitrogens is 1. The summed E-state index contributed by atoms with van der Waals surface area (Å²) < 4.78 is 13.1. The Morgan fingerprint density at radius 3 is 2.62 bits per heavy atom. The number of ether oxygens (including phenoxy) is 2. The van der Waals surface area contributed by atoms with Crippen molar-refractivity contribution in [2.45, 2.75) is 6.42 Å². The van der Waals surface area contributed by atoms with Gasteiger partial charge in [0, 0.05) is 11.0 Å². The summed E-state index contributed by atoms with van der Waals surface area (Å²) in [6.45, 7) is 1.38. The van der Waals surface area contributed by atoms with Crippen LogP contribution in [0.15, 0.2) is 46.9 Å². The fourth-order valence-electron chi connectivity index (χ4n) is 2.83. The standard InChI is InChI=1S/C21H24BrN3O3S/c1-24(2)11-6-12-25(21-23-16-10-9-15(22)13-19(16)29-21)20(26)14-28-18-8-5-4-7-17(18)27-3/h4-5,7-10,13H,6,11-12,14H2,1-3H3. The van der Waals surface area contributed by atoms with Crippen LogP contribution in [0.1, 0.15) is 6.42 Å². The lowest BCUT2D eigenvalue weighted by Gasteiger charge is -2.21. The number of nitrogens with zero attached hydrogens (tertiary/aromatic N) is 3. The van der Waals surface area contributed by atoms with Crippen molar-refractivity contribution in [2.75, 3.05) is 45.8 Å². The fourth-order valence-corrected chi connectivity index (χ4v) is 4.39. The maximum Gasteiger partial charge on any atom is 0.266 e. The molecule has 0 unspecified atom stereocenters. The first-order valence-corrected chi connectivity index (χ1v) is 10.9. The van der Waals surface area contributed by atoms with Gasteiger partial charge in [0.15, 0.2) is 23.2 Å². The number of carbonyl (C=O) groups is 1. The minimum absolute atomic E-state index is 0.0814. The van der Waals surface area contributed by atoms with Gasteiger partial charge >= 0.3 is 0 Å². The van der Waals surface area contributed by atoms with Crippen molar-refractivity contribution in [2.24, 2.45) is 0 Å². The summed E-state index contributed by atoms with van der Waals surface area (Å²) in [4.78, 5) is 21.5. The minimum Gasteiger partial charge on any atom is -0.493 e. The fraction of sp³-hybridized carbons (Fsp3) is 0.333. The molecule has 8 heteroatoms. The van der Waals surface area contributed by atoms with Gasteiger partial charge in [-0.1, -0.05) is 39.4 Å². The number of methoxy groups -OCH3 is 1. The zero-order chi connectivity index (χ0) is 20.8. The number of hydrogen-bond donors (Lipinski definition) is 0. The van der Waals surface area contributed by atoms with E-state index in [1.54, 1.807) is 24.1 Å². The highest BCUT2D eigenvalue weighted by molar-refractivity contribution is 9.10. The molecule has 2 aromatic carbocycles. The molecule has 0 spiro atoms. The summed E-state index contributed by atoms with van der Waals surface area (Å²) in [7, 11) is 5.62. The molecule has 1 aromatic heterocycles. The van der Waals surface area contributed by atoms with Crippen molar-refractivity contribution in [3.05, 3.63) is 46.9 Å². The number of fused-ring (bicyclic) bond motifs is 1. The average molecular weight is 478 g/mol. The topological polar surface area (TPSA) is 54.9 Å². The van der Waals surface area contributed by atoms with Crippen LogP contribution in [0.25, 0.3) is 10.2 Å². The maximum atomic E-state index is 13.0. The molecule has 0 radical (unpaired) electrons. The van der Waals surface area contributed by atoms with Crippen molar-refractivity contribution >= 4 is 48.5 Å². The van der Waals surface area contributed by atoms with E-state index in [2.05, 4.69) is 25.8 Å². The van der Waals surface area contributed by atoms with Crippen LogP contribution in [-0.4, -0.2) is 56.7 Å². The van der Waals surface area contributed by atoms with Gasteiger partial charge in [-0.3, -0.25) is 9.69 Å². The zero-order valence-electron chi connectivity index (χ0n) is 16.7. The Labute approximate surface area is 183 Å². The lowest BCUT2D eigenvalue weighted by Crippen LogP contribution is -2.36. The van der Waals surface area contributed by atoms with E-state index in [0.29, 0.717) is 23.2 Å². The SMILES string of the molecule is COc1ccccc1OCC(=O)N(CCCN(C)C)c1nc2ccc(Br)cc2s1. The molecule has 0 N–H and O–H groups in total. The first kappa shape index (κ1) is 21.5. The number of benzene rings is 2. The summed E-state index contributed by atoms with van der Waals surface area (Å²) in [5.74, 6) is 1.02. The van der Waals surface area contributed by atoms with Gasteiger partial charge in [-0.05, 0) is 57.4 Å². The van der Waals surface area contributed by atoms with Gasteiger partial charge in [0.05, 0.1) is 17.3 Å². The molecule has 0 bridgehead atoms. The lowest BCUT2D eigenvalue weighted by atomic mass is 10.3. The van der Waals surface area contributed by atoms with Crippen molar-refractivity contribution in [1.29, 1.82) is 0 Å². The van der Waals surface area contributed by atoms with Crippen LogP contribution >= 0.6 is 27.3 Å². The van der Waals surface area contributed by atoms with E-state index in [4.69, 9.17) is 9.47 Å². The van der Waals surface area contributed by atoms with Crippen molar-refractivity contribution in [1.82, 2.24) is 9.88 Å². The maximum absolute atomic E-state index is 13.0. The quantitative estimate of drug-likeness (QED) is 0.456. The predicted octanol–water partition coefficient (Wildman–Crippen LogP) is 4.43. The summed E-state index contributed by atoms with van der Waals surface area (Å²) in [5, 5.41) is 0.686. The molecule has 29 heavy (non-hydrogen) atoms. The van der Waals surface area contributed by atoms with E-state index in [1.165, 1.54) is 11.3 Å². The van der Waals surface area contributed by atoms with Gasteiger partial charge in [0.25, 0.3) is 5.91 Å². The molecule has 1 heterocycles. The molecule has 0 aliphatic carbocycles. The number of carbonyl (C=O) groups excluding carboxylic acids is 1. The average Bonchev–Trinajstić information content (AvgIpc) is 3.12. The summed E-state index contributed by atoms with van der Waals surface area (Å²) in [6, 6.07) is 13.2. The highest BCUT2D eigenvalue weighted by Gasteiger charge is 2.21. The largest absolute Gasteiger partial charge is 0.493 e. The molecule has 1 amide bonds. The van der Waals surface area contributed by atoms with Crippen molar-refractivity contribution in [3.63, 3.8) is 0 Å². The predicted molar refractivity (Wildman–Crippen MR) is 121 cm³/mol. The van der Waals surface area contributed by atoms with E-state index in [9.17, 15) is 4.79 Å². The Hall–Kier alpha value is -2.16. The number of halogens is 1. The zero-order valence-corrected chi connectivity index (χ0v) is 19.1. The second kappa shape index (κ2) is 10.0. The molecule has 0 aliphatic heterocycles. The van der Waals surface area contributed by atoms with Crippen LogP contribution in [0, 0.1) is 0 Å². The third kappa shape index (κ3) is 5.68. The monoisotopic (exact) mass is 477 g/mol. The van der Waals surface area contributed by atoms with Gasteiger partial charge in [-0.15, -0.1) is 0 Å². The van der Waals surface area contributed by atoms with Gasteiger partial charge in [-0.2, -0.15) is 0 Å². The van der Waals surface area contributed by atoms with Crippen LogP contribution in [0.3, 0.4) is 0 Å². The van der Waals surface area contributed by atoms with Crippen LogP contribution in [0.4, 0.5) is 5.13 Å². The van der Waals surface area contributed by atoms with Gasteiger partial charge < -0.3 is 14.4 Å². The number of para-hydroxylation sites is 2. The Morgan fingerprint density at radius 1 is 1.14 bits per heavy atom. The number of amides is 1. The van der Waals surface area contributed by atoms with E-state index in [1.807, 2.05) is 44.4 Å². The molecule has 0 saturated heterocycles. The molecule has 0 aliphatic rings. The van der Waals surface area contributed by atoms with E-state index >= 15 is 0 Å². The summed E-state index contributed by atoms with van der Waals surface area (Å²) in [5.41, 5.74) is 0.879. The molecule has 0 atom stereocenters. The van der Waals surface area contributed by atoms with Crippen molar-refractivity contribution < 1.29 is 14.3 Å². The van der Waals surface area contributed by atoms with Crippen LogP contribution < -0.4 is 14.4 Å².